The second-order valence-corrected chi connectivity index (χ2v) is 6.17. The maximum absolute atomic E-state index is 11.5. The van der Waals surface area contributed by atoms with Gasteiger partial charge < -0.3 is 10.4 Å². The van der Waals surface area contributed by atoms with Crippen LogP contribution in [-0.2, 0) is 4.79 Å². The highest BCUT2D eigenvalue weighted by Crippen LogP contribution is 2.21. The summed E-state index contributed by atoms with van der Waals surface area (Å²) in [5.41, 5.74) is 1.01. The van der Waals surface area contributed by atoms with Crippen molar-refractivity contribution in [2.45, 2.75) is 13.3 Å². The summed E-state index contributed by atoms with van der Waals surface area (Å²) in [4.78, 5) is 11.5. The Morgan fingerprint density at radius 2 is 2.47 bits per heavy atom. The number of nitrogens with one attached hydrogen (secondary N) is 1. The van der Waals surface area contributed by atoms with E-state index in [-0.39, 0.29) is 12.5 Å². The van der Waals surface area contributed by atoms with Gasteiger partial charge in [0.15, 0.2) is 0 Å². The van der Waals surface area contributed by atoms with Crippen LogP contribution in [0.1, 0.15) is 18.9 Å². The Balaban J connectivity index is 2.32. The molecule has 0 radical (unpaired) electrons. The number of thiophene rings is 1. The summed E-state index contributed by atoms with van der Waals surface area (Å²) in [6.45, 7) is 2.75. The molecule has 1 atom stereocenters. The average Bonchev–Trinajstić information content (AvgIpc) is 2.70. The van der Waals surface area contributed by atoms with E-state index in [2.05, 4.69) is 21.2 Å². The number of carbonyl (C=O) groups is 1. The van der Waals surface area contributed by atoms with Crippen molar-refractivity contribution in [3.8, 4) is 0 Å². The molecule has 0 fully saturated rings. The highest BCUT2D eigenvalue weighted by molar-refractivity contribution is 9.11. The van der Waals surface area contributed by atoms with Gasteiger partial charge in [0, 0.05) is 19.2 Å². The number of aliphatic hydroxyl groups is 1. The minimum atomic E-state index is -0.0999. The van der Waals surface area contributed by atoms with E-state index in [1.54, 1.807) is 17.4 Å². The van der Waals surface area contributed by atoms with E-state index in [4.69, 9.17) is 5.11 Å². The lowest BCUT2D eigenvalue weighted by atomic mass is 10.1. The monoisotopic (exact) mass is 317 g/mol. The Kier molecular flexibility index (Phi) is 6.47. The number of hydrogen-bond donors (Lipinski definition) is 2. The first-order valence-electron chi connectivity index (χ1n) is 5.42. The molecule has 1 rings (SSSR count). The standard InChI is InChI=1S/C12H16BrNO2S/c1-9(4-5-15)7-14-12(16)3-2-10-6-11(13)17-8-10/h2-3,6,8-9,15H,4-5,7H2,1H3,(H,14,16)/b3-2+. The van der Waals surface area contributed by atoms with Crippen LogP contribution in [0.15, 0.2) is 21.3 Å². The topological polar surface area (TPSA) is 49.3 Å². The minimum absolute atomic E-state index is 0.0999. The molecule has 94 valence electrons. The van der Waals surface area contributed by atoms with E-state index in [1.807, 2.05) is 18.4 Å². The molecule has 0 aliphatic carbocycles. The van der Waals surface area contributed by atoms with Gasteiger partial charge in [-0.25, -0.2) is 0 Å². The molecule has 0 aliphatic heterocycles. The van der Waals surface area contributed by atoms with Crippen LogP contribution in [-0.4, -0.2) is 24.2 Å². The summed E-state index contributed by atoms with van der Waals surface area (Å²) < 4.78 is 1.05. The van der Waals surface area contributed by atoms with Crippen LogP contribution in [0.4, 0.5) is 0 Å². The Labute approximate surface area is 114 Å². The van der Waals surface area contributed by atoms with Crippen molar-refractivity contribution in [2.75, 3.05) is 13.2 Å². The van der Waals surface area contributed by atoms with Crippen molar-refractivity contribution in [1.82, 2.24) is 5.32 Å². The Morgan fingerprint density at radius 3 is 3.06 bits per heavy atom. The van der Waals surface area contributed by atoms with Crippen molar-refractivity contribution in [3.05, 3.63) is 26.9 Å². The summed E-state index contributed by atoms with van der Waals surface area (Å²) in [5.74, 6) is 0.199. The molecule has 0 saturated heterocycles. The van der Waals surface area contributed by atoms with Crippen LogP contribution in [0.5, 0.6) is 0 Å². The van der Waals surface area contributed by atoms with Gasteiger partial charge in [0.25, 0.3) is 0 Å². The third-order valence-electron chi connectivity index (χ3n) is 2.26. The molecule has 1 unspecified atom stereocenters. The first-order valence-corrected chi connectivity index (χ1v) is 7.10. The molecular formula is C12H16BrNO2S. The molecule has 0 bridgehead atoms. The quantitative estimate of drug-likeness (QED) is 0.792. The predicted molar refractivity (Wildman–Crippen MR) is 74.9 cm³/mol. The number of amides is 1. The molecule has 1 aromatic rings. The number of carbonyl (C=O) groups excluding carboxylic acids is 1. The number of rotatable bonds is 6. The molecule has 5 heteroatoms. The lowest BCUT2D eigenvalue weighted by Crippen LogP contribution is -2.26. The van der Waals surface area contributed by atoms with Gasteiger partial charge in [0.1, 0.15) is 0 Å². The van der Waals surface area contributed by atoms with Gasteiger partial charge in [-0.1, -0.05) is 6.92 Å². The van der Waals surface area contributed by atoms with E-state index >= 15 is 0 Å². The number of halogens is 1. The van der Waals surface area contributed by atoms with Gasteiger partial charge in [-0.05, 0) is 51.4 Å². The van der Waals surface area contributed by atoms with Gasteiger partial charge in [-0.2, -0.15) is 0 Å². The summed E-state index contributed by atoms with van der Waals surface area (Å²) >= 11 is 4.95. The van der Waals surface area contributed by atoms with Crippen LogP contribution < -0.4 is 5.32 Å². The fourth-order valence-electron chi connectivity index (χ4n) is 1.24. The van der Waals surface area contributed by atoms with Crippen LogP contribution in [0.25, 0.3) is 6.08 Å². The third-order valence-corrected chi connectivity index (χ3v) is 3.78. The maximum atomic E-state index is 11.5. The van der Waals surface area contributed by atoms with Crippen molar-refractivity contribution in [3.63, 3.8) is 0 Å². The maximum Gasteiger partial charge on any atom is 0.244 e. The molecule has 1 aromatic heterocycles. The zero-order valence-electron chi connectivity index (χ0n) is 9.65. The van der Waals surface area contributed by atoms with Crippen LogP contribution in [0.3, 0.4) is 0 Å². The summed E-state index contributed by atoms with van der Waals surface area (Å²) in [6.07, 6.45) is 4.02. The number of aliphatic hydroxyl groups excluding tert-OH is 1. The molecule has 0 spiro atoms. The summed E-state index contributed by atoms with van der Waals surface area (Å²) in [5, 5.41) is 13.5. The van der Waals surface area contributed by atoms with Crippen LogP contribution >= 0.6 is 27.3 Å². The first-order chi connectivity index (χ1) is 8.11. The molecular weight excluding hydrogens is 302 g/mol. The van der Waals surface area contributed by atoms with Crippen molar-refractivity contribution in [1.29, 1.82) is 0 Å². The Hall–Kier alpha value is -0.650. The molecule has 1 amide bonds. The van der Waals surface area contributed by atoms with Crippen molar-refractivity contribution in [2.24, 2.45) is 5.92 Å². The highest BCUT2D eigenvalue weighted by Gasteiger charge is 2.02. The number of hydrogen-bond acceptors (Lipinski definition) is 3. The SMILES string of the molecule is CC(CCO)CNC(=O)/C=C/c1csc(Br)c1. The molecule has 0 saturated carbocycles. The van der Waals surface area contributed by atoms with Gasteiger partial charge in [-0.15, -0.1) is 11.3 Å². The van der Waals surface area contributed by atoms with Crippen LogP contribution in [0, 0.1) is 5.92 Å². The zero-order valence-corrected chi connectivity index (χ0v) is 12.1. The van der Waals surface area contributed by atoms with E-state index in [0.29, 0.717) is 18.9 Å². The fraction of sp³-hybridized carbons (Fsp3) is 0.417. The van der Waals surface area contributed by atoms with Crippen LogP contribution in [0.2, 0.25) is 0 Å². The lowest BCUT2D eigenvalue weighted by Gasteiger charge is -2.09. The Morgan fingerprint density at radius 1 is 1.71 bits per heavy atom. The highest BCUT2D eigenvalue weighted by atomic mass is 79.9. The molecule has 1 heterocycles. The third kappa shape index (κ3) is 6.00. The molecule has 3 nitrogen and oxygen atoms in total. The second kappa shape index (κ2) is 7.63. The van der Waals surface area contributed by atoms with Gasteiger partial charge in [-0.3, -0.25) is 4.79 Å². The van der Waals surface area contributed by atoms with Gasteiger partial charge >= 0.3 is 0 Å². The smallest absolute Gasteiger partial charge is 0.244 e. The lowest BCUT2D eigenvalue weighted by molar-refractivity contribution is -0.116. The first kappa shape index (κ1) is 14.4. The largest absolute Gasteiger partial charge is 0.396 e. The Bertz CT molecular complexity index is 390. The van der Waals surface area contributed by atoms with Crippen molar-refractivity contribution < 1.29 is 9.90 Å². The second-order valence-electron chi connectivity index (χ2n) is 3.88. The molecule has 17 heavy (non-hydrogen) atoms. The average molecular weight is 318 g/mol. The van der Waals surface area contributed by atoms with E-state index in [0.717, 1.165) is 9.35 Å². The zero-order chi connectivity index (χ0) is 12.7. The van der Waals surface area contributed by atoms with Gasteiger partial charge in [0.2, 0.25) is 5.91 Å². The predicted octanol–water partition coefficient (Wildman–Crippen LogP) is 2.66. The summed E-state index contributed by atoms with van der Waals surface area (Å²) in [6, 6.07) is 1.96. The van der Waals surface area contributed by atoms with Gasteiger partial charge in [0.05, 0.1) is 3.79 Å². The normalized spacial score (nSPS) is 12.9. The van der Waals surface area contributed by atoms with E-state index < -0.39 is 0 Å². The minimum Gasteiger partial charge on any atom is -0.396 e. The fourth-order valence-corrected chi connectivity index (χ4v) is 2.38. The van der Waals surface area contributed by atoms with E-state index in [9.17, 15) is 4.79 Å². The van der Waals surface area contributed by atoms with Crippen molar-refractivity contribution >= 4 is 39.2 Å². The molecule has 2 N–H and O–H groups in total. The van der Waals surface area contributed by atoms with E-state index in [1.165, 1.54) is 6.08 Å². The summed E-state index contributed by atoms with van der Waals surface area (Å²) in [7, 11) is 0. The molecule has 0 aromatic carbocycles. The molecule has 0 aliphatic rings.